The van der Waals surface area contributed by atoms with Crippen molar-refractivity contribution in [3.05, 3.63) is 57.0 Å². The topological polar surface area (TPSA) is 66.5 Å². The van der Waals surface area contributed by atoms with Gasteiger partial charge < -0.3 is 4.90 Å². The molecule has 0 atom stereocenters. The molecule has 0 aromatic heterocycles. The van der Waals surface area contributed by atoms with Crippen molar-refractivity contribution in [1.82, 2.24) is 4.90 Å². The molecule has 1 heterocycles. The number of sulfonamides is 1. The van der Waals surface area contributed by atoms with Crippen LogP contribution in [0.2, 0.25) is 5.02 Å². The quantitative estimate of drug-likeness (QED) is 0.738. The molecular weight excluding hydrogens is 440 g/mol. The summed E-state index contributed by atoms with van der Waals surface area (Å²) in [5, 5.41) is 0.248. The maximum absolute atomic E-state index is 12.8. The number of nitrogens with zero attached hydrogens (tertiary/aromatic N) is 1. The number of carbonyl (C=O) groups is 1. The SMILES string of the molecule is Cc1ccc(Br)c(NS(=O)(=O)c2ccc(Cl)c(C(=O)N3CCCC3)c2)c1. The van der Waals surface area contributed by atoms with Gasteiger partial charge in [-0.1, -0.05) is 17.7 Å². The van der Waals surface area contributed by atoms with Gasteiger partial charge in [-0.3, -0.25) is 9.52 Å². The average Bonchev–Trinajstić information content (AvgIpc) is 3.12. The van der Waals surface area contributed by atoms with Crippen molar-refractivity contribution in [2.75, 3.05) is 17.8 Å². The number of carbonyl (C=O) groups excluding carboxylic acids is 1. The number of rotatable bonds is 4. The summed E-state index contributed by atoms with van der Waals surface area (Å²) < 4.78 is 28.7. The Morgan fingerprint density at radius 1 is 1.15 bits per heavy atom. The summed E-state index contributed by atoms with van der Waals surface area (Å²) in [5.74, 6) is -0.235. The zero-order valence-corrected chi connectivity index (χ0v) is 17.3. The fraction of sp³-hybridized carbons (Fsp3) is 0.278. The first-order valence-electron chi connectivity index (χ1n) is 8.16. The second kappa shape index (κ2) is 7.58. The van der Waals surface area contributed by atoms with Crippen LogP contribution in [0.4, 0.5) is 5.69 Å². The van der Waals surface area contributed by atoms with E-state index in [4.69, 9.17) is 11.6 Å². The zero-order chi connectivity index (χ0) is 18.9. The molecule has 8 heteroatoms. The standard InChI is InChI=1S/C18H18BrClN2O3S/c1-12-4-6-15(19)17(10-12)21-26(24,25)13-5-7-16(20)14(11-13)18(23)22-8-2-3-9-22/h4-7,10-11,21H,2-3,8-9H2,1H3. The predicted octanol–water partition coefficient (Wildman–Crippen LogP) is 4.45. The zero-order valence-electron chi connectivity index (χ0n) is 14.1. The minimum atomic E-state index is -3.86. The van der Waals surface area contributed by atoms with Crippen molar-refractivity contribution in [3.8, 4) is 0 Å². The largest absolute Gasteiger partial charge is 0.339 e. The number of nitrogens with one attached hydrogen (secondary N) is 1. The van der Waals surface area contributed by atoms with Crippen LogP contribution in [0.15, 0.2) is 45.8 Å². The van der Waals surface area contributed by atoms with Crippen molar-refractivity contribution in [2.45, 2.75) is 24.7 Å². The van der Waals surface area contributed by atoms with E-state index >= 15 is 0 Å². The van der Waals surface area contributed by atoms with Crippen LogP contribution in [-0.2, 0) is 10.0 Å². The highest BCUT2D eigenvalue weighted by molar-refractivity contribution is 9.10. The van der Waals surface area contributed by atoms with Crippen LogP contribution in [0.1, 0.15) is 28.8 Å². The number of hydrogen-bond donors (Lipinski definition) is 1. The molecule has 2 aromatic rings. The fourth-order valence-electron chi connectivity index (χ4n) is 2.85. The average molecular weight is 458 g/mol. The molecule has 0 spiro atoms. The van der Waals surface area contributed by atoms with Crippen molar-refractivity contribution in [1.29, 1.82) is 0 Å². The first kappa shape index (κ1) is 19.2. The highest BCUT2D eigenvalue weighted by atomic mass is 79.9. The van der Waals surface area contributed by atoms with Crippen LogP contribution in [-0.4, -0.2) is 32.3 Å². The molecule has 3 rings (SSSR count). The van der Waals surface area contributed by atoms with Crippen LogP contribution in [0.5, 0.6) is 0 Å². The van der Waals surface area contributed by atoms with E-state index in [1.165, 1.54) is 18.2 Å². The molecular formula is C18H18BrClN2O3S. The van der Waals surface area contributed by atoms with Gasteiger partial charge in [-0.05, 0) is 71.6 Å². The number of hydrogen-bond acceptors (Lipinski definition) is 3. The van der Waals surface area contributed by atoms with Crippen LogP contribution in [0.3, 0.4) is 0 Å². The first-order chi connectivity index (χ1) is 12.3. The molecule has 138 valence electrons. The van der Waals surface area contributed by atoms with Gasteiger partial charge in [-0.25, -0.2) is 8.42 Å². The Balaban J connectivity index is 1.94. The summed E-state index contributed by atoms with van der Waals surface area (Å²) >= 11 is 9.50. The van der Waals surface area contributed by atoms with Crippen LogP contribution in [0, 0.1) is 6.92 Å². The molecule has 1 aliphatic heterocycles. The Bertz CT molecular complexity index is 957. The minimum Gasteiger partial charge on any atom is -0.339 e. The summed E-state index contributed by atoms with van der Waals surface area (Å²) in [4.78, 5) is 14.3. The summed E-state index contributed by atoms with van der Waals surface area (Å²) in [6.45, 7) is 3.21. The lowest BCUT2D eigenvalue weighted by Crippen LogP contribution is -2.28. The van der Waals surface area contributed by atoms with Gasteiger partial charge in [0.2, 0.25) is 0 Å². The molecule has 26 heavy (non-hydrogen) atoms. The Kier molecular flexibility index (Phi) is 5.60. The molecule has 0 aliphatic carbocycles. The Morgan fingerprint density at radius 2 is 1.85 bits per heavy atom. The second-order valence-electron chi connectivity index (χ2n) is 6.23. The lowest BCUT2D eigenvalue weighted by molar-refractivity contribution is 0.0792. The lowest BCUT2D eigenvalue weighted by atomic mass is 10.2. The number of halogens is 2. The molecule has 1 fully saturated rings. The summed E-state index contributed by atoms with van der Waals surface area (Å²) in [7, 11) is -3.86. The number of likely N-dealkylation sites (tertiary alicyclic amines) is 1. The van der Waals surface area contributed by atoms with Gasteiger partial charge in [0.25, 0.3) is 15.9 Å². The van der Waals surface area contributed by atoms with Crippen LogP contribution < -0.4 is 4.72 Å². The van der Waals surface area contributed by atoms with Gasteiger partial charge in [0.05, 0.1) is 21.2 Å². The number of anilines is 1. The number of aryl methyl sites for hydroxylation is 1. The van der Waals surface area contributed by atoms with E-state index in [-0.39, 0.29) is 21.4 Å². The third kappa shape index (κ3) is 4.05. The van der Waals surface area contributed by atoms with Gasteiger partial charge in [-0.2, -0.15) is 0 Å². The van der Waals surface area contributed by atoms with Crippen LogP contribution >= 0.6 is 27.5 Å². The van der Waals surface area contributed by atoms with Gasteiger partial charge >= 0.3 is 0 Å². The molecule has 1 saturated heterocycles. The summed E-state index contributed by atoms with van der Waals surface area (Å²) in [5.41, 5.74) is 1.57. The highest BCUT2D eigenvalue weighted by Gasteiger charge is 2.24. The van der Waals surface area contributed by atoms with E-state index in [1.54, 1.807) is 17.0 Å². The van der Waals surface area contributed by atoms with Crippen molar-refractivity contribution in [3.63, 3.8) is 0 Å². The second-order valence-corrected chi connectivity index (χ2v) is 9.17. The van der Waals surface area contributed by atoms with E-state index in [9.17, 15) is 13.2 Å². The van der Waals surface area contributed by atoms with Gasteiger partial charge in [0.1, 0.15) is 0 Å². The monoisotopic (exact) mass is 456 g/mol. The van der Waals surface area contributed by atoms with E-state index in [2.05, 4.69) is 20.7 Å². The summed E-state index contributed by atoms with van der Waals surface area (Å²) in [6, 6.07) is 9.57. The molecule has 0 radical (unpaired) electrons. The van der Waals surface area contributed by atoms with E-state index in [0.29, 0.717) is 23.2 Å². The minimum absolute atomic E-state index is 0.00199. The maximum Gasteiger partial charge on any atom is 0.261 e. The molecule has 1 amide bonds. The van der Waals surface area contributed by atoms with E-state index < -0.39 is 10.0 Å². The molecule has 0 bridgehead atoms. The van der Waals surface area contributed by atoms with Crippen molar-refractivity contribution in [2.24, 2.45) is 0 Å². The Labute approximate surface area is 166 Å². The number of amides is 1. The van der Waals surface area contributed by atoms with Gasteiger partial charge in [0, 0.05) is 17.6 Å². The van der Waals surface area contributed by atoms with Crippen LogP contribution in [0.25, 0.3) is 0 Å². The third-order valence-electron chi connectivity index (χ3n) is 4.24. The lowest BCUT2D eigenvalue weighted by Gasteiger charge is -2.17. The Hall–Kier alpha value is -1.57. The first-order valence-corrected chi connectivity index (χ1v) is 10.8. The molecule has 1 aliphatic rings. The fourth-order valence-corrected chi connectivity index (χ4v) is 4.62. The highest BCUT2D eigenvalue weighted by Crippen LogP contribution is 2.28. The normalized spacial score (nSPS) is 14.5. The maximum atomic E-state index is 12.8. The number of benzene rings is 2. The molecule has 2 aromatic carbocycles. The molecule has 1 N–H and O–H groups in total. The molecule has 0 unspecified atom stereocenters. The van der Waals surface area contributed by atoms with E-state index in [0.717, 1.165) is 18.4 Å². The summed E-state index contributed by atoms with van der Waals surface area (Å²) in [6.07, 6.45) is 1.90. The molecule has 0 saturated carbocycles. The molecule has 5 nitrogen and oxygen atoms in total. The van der Waals surface area contributed by atoms with Crippen molar-refractivity contribution < 1.29 is 13.2 Å². The van der Waals surface area contributed by atoms with E-state index in [1.807, 2.05) is 13.0 Å². The Morgan fingerprint density at radius 3 is 2.54 bits per heavy atom. The predicted molar refractivity (Wildman–Crippen MR) is 106 cm³/mol. The third-order valence-corrected chi connectivity index (χ3v) is 6.62. The van der Waals surface area contributed by atoms with Crippen molar-refractivity contribution >= 4 is 49.1 Å². The smallest absolute Gasteiger partial charge is 0.261 e. The van der Waals surface area contributed by atoms with Gasteiger partial charge in [-0.15, -0.1) is 0 Å². The van der Waals surface area contributed by atoms with Gasteiger partial charge in [0.15, 0.2) is 0 Å².